The van der Waals surface area contributed by atoms with Gasteiger partial charge in [-0.15, -0.1) is 0 Å². The fraction of sp³-hybridized carbons (Fsp3) is 0.286. The monoisotopic (exact) mass is 379 g/mol. The molecule has 1 atom stereocenters. The number of amides is 1. The van der Waals surface area contributed by atoms with Gasteiger partial charge in [0, 0.05) is 19.7 Å². The van der Waals surface area contributed by atoms with Crippen LogP contribution in [0.15, 0.2) is 47.3 Å². The summed E-state index contributed by atoms with van der Waals surface area (Å²) in [5.74, 6) is -0.0569. The van der Waals surface area contributed by atoms with E-state index in [0.717, 1.165) is 19.3 Å². The molecule has 3 aromatic rings. The summed E-state index contributed by atoms with van der Waals surface area (Å²) in [5, 5.41) is 0.522. The maximum Gasteiger partial charge on any atom is 0.261 e. The van der Waals surface area contributed by atoms with E-state index < -0.39 is 0 Å². The Balaban J connectivity index is 1.72. The maximum absolute atomic E-state index is 13.1. The van der Waals surface area contributed by atoms with Crippen molar-refractivity contribution in [1.82, 2.24) is 14.5 Å². The Bertz CT molecular complexity index is 1160. The van der Waals surface area contributed by atoms with E-state index in [1.165, 1.54) is 15.7 Å². The summed E-state index contributed by atoms with van der Waals surface area (Å²) in [5.41, 5.74) is 3.52. The molecule has 0 aliphatic heterocycles. The molecule has 4 rings (SSSR count). The van der Waals surface area contributed by atoms with Gasteiger partial charge in [0.1, 0.15) is 0 Å². The number of carbonyl (C=O) groups excluding carboxylic acids is 1. The molecule has 0 spiro atoms. The van der Waals surface area contributed by atoms with E-state index in [1.54, 1.807) is 25.2 Å². The van der Waals surface area contributed by atoms with E-state index in [4.69, 9.17) is 12.2 Å². The molecular formula is C21H21N3O2S. The Kier molecular flexibility index (Phi) is 4.44. The third-order valence-electron chi connectivity index (χ3n) is 5.47. The molecule has 0 bridgehead atoms. The van der Waals surface area contributed by atoms with Crippen molar-refractivity contribution in [1.29, 1.82) is 0 Å². The number of hydrogen-bond donors (Lipinski definition) is 1. The minimum absolute atomic E-state index is 0.0569. The van der Waals surface area contributed by atoms with Gasteiger partial charge in [-0.25, -0.2) is 0 Å². The number of nitrogens with one attached hydrogen (secondary N) is 1. The molecule has 2 aromatic carbocycles. The van der Waals surface area contributed by atoms with Crippen molar-refractivity contribution in [3.63, 3.8) is 0 Å². The van der Waals surface area contributed by atoms with Crippen molar-refractivity contribution in [2.75, 3.05) is 7.05 Å². The minimum atomic E-state index is -0.165. The first-order valence-corrected chi connectivity index (χ1v) is 9.46. The highest BCUT2D eigenvalue weighted by atomic mass is 32.1. The lowest BCUT2D eigenvalue weighted by Gasteiger charge is -2.33. The number of H-pyrrole nitrogens is 1. The smallest absolute Gasteiger partial charge is 0.261 e. The molecular weight excluding hydrogens is 358 g/mol. The van der Waals surface area contributed by atoms with Crippen molar-refractivity contribution < 1.29 is 4.79 Å². The van der Waals surface area contributed by atoms with Crippen LogP contribution in [0.2, 0.25) is 0 Å². The van der Waals surface area contributed by atoms with E-state index in [1.807, 2.05) is 18.0 Å². The summed E-state index contributed by atoms with van der Waals surface area (Å²) in [7, 11) is 3.49. The van der Waals surface area contributed by atoms with Gasteiger partial charge < -0.3 is 9.88 Å². The number of aryl methyl sites for hydroxylation is 1. The molecule has 1 aromatic heterocycles. The number of aromatic nitrogens is 2. The molecule has 5 nitrogen and oxygen atoms in total. The molecule has 1 N–H and O–H groups in total. The SMILES string of the molecule is CN(C(=O)c1ccc2c(=O)n(C)c(=S)[nH]c2c1)[C@H]1CCCc2ccccc21. The van der Waals surface area contributed by atoms with Crippen molar-refractivity contribution >= 4 is 29.0 Å². The third kappa shape index (κ3) is 3.00. The molecule has 0 radical (unpaired) electrons. The van der Waals surface area contributed by atoms with Gasteiger partial charge in [0.2, 0.25) is 0 Å². The molecule has 1 aliphatic carbocycles. The largest absolute Gasteiger partial charge is 0.335 e. The molecule has 138 valence electrons. The minimum Gasteiger partial charge on any atom is -0.335 e. The van der Waals surface area contributed by atoms with Crippen LogP contribution in [0.25, 0.3) is 10.9 Å². The Labute approximate surface area is 162 Å². The second-order valence-electron chi connectivity index (χ2n) is 7.08. The Morgan fingerprint density at radius 3 is 2.85 bits per heavy atom. The number of nitrogens with zero attached hydrogens (tertiary/aromatic N) is 2. The summed E-state index contributed by atoms with van der Waals surface area (Å²) >= 11 is 5.19. The van der Waals surface area contributed by atoms with Crippen LogP contribution in [-0.2, 0) is 13.5 Å². The van der Waals surface area contributed by atoms with Crippen LogP contribution in [0.3, 0.4) is 0 Å². The molecule has 1 aliphatic rings. The number of aromatic amines is 1. The van der Waals surface area contributed by atoms with Gasteiger partial charge >= 0.3 is 0 Å². The summed E-state index contributed by atoms with van der Waals surface area (Å²) in [4.78, 5) is 30.3. The van der Waals surface area contributed by atoms with Crippen molar-refractivity contribution in [3.8, 4) is 0 Å². The number of rotatable bonds is 2. The zero-order chi connectivity index (χ0) is 19.1. The van der Waals surface area contributed by atoms with Crippen LogP contribution >= 0.6 is 12.2 Å². The normalized spacial score (nSPS) is 16.1. The lowest BCUT2D eigenvalue weighted by Crippen LogP contribution is -2.33. The molecule has 27 heavy (non-hydrogen) atoms. The average Bonchev–Trinajstić information content (AvgIpc) is 2.70. The molecule has 1 heterocycles. The van der Waals surface area contributed by atoms with Crippen LogP contribution in [0.4, 0.5) is 0 Å². The van der Waals surface area contributed by atoms with Crippen molar-refractivity contribution in [2.24, 2.45) is 7.05 Å². The van der Waals surface area contributed by atoms with Crippen LogP contribution in [0, 0.1) is 4.77 Å². The molecule has 0 unspecified atom stereocenters. The van der Waals surface area contributed by atoms with Crippen LogP contribution in [-0.4, -0.2) is 27.4 Å². The lowest BCUT2D eigenvalue weighted by molar-refractivity contribution is 0.0715. The zero-order valence-electron chi connectivity index (χ0n) is 15.4. The topological polar surface area (TPSA) is 58.1 Å². The third-order valence-corrected chi connectivity index (χ3v) is 5.85. The highest BCUT2D eigenvalue weighted by molar-refractivity contribution is 7.71. The number of fused-ring (bicyclic) bond motifs is 2. The highest BCUT2D eigenvalue weighted by Crippen LogP contribution is 2.34. The molecule has 0 saturated heterocycles. The highest BCUT2D eigenvalue weighted by Gasteiger charge is 2.27. The van der Waals surface area contributed by atoms with Gasteiger partial charge in [0.05, 0.1) is 16.9 Å². The van der Waals surface area contributed by atoms with E-state index in [0.29, 0.717) is 21.2 Å². The molecule has 0 fully saturated rings. The maximum atomic E-state index is 13.1. The van der Waals surface area contributed by atoms with E-state index in [-0.39, 0.29) is 17.5 Å². The summed E-state index contributed by atoms with van der Waals surface area (Å²) in [6.45, 7) is 0. The first-order chi connectivity index (χ1) is 13.0. The Morgan fingerprint density at radius 1 is 1.26 bits per heavy atom. The second kappa shape index (κ2) is 6.78. The second-order valence-corrected chi connectivity index (χ2v) is 7.46. The summed E-state index contributed by atoms with van der Waals surface area (Å²) in [6.07, 6.45) is 3.08. The Hall–Kier alpha value is -2.73. The standard InChI is InChI=1S/C21H21N3O2S/c1-23(18-9-5-7-13-6-3-4-8-15(13)18)19(25)14-10-11-16-17(12-14)22-21(27)24(2)20(16)26/h3-4,6,8,10-12,18H,5,7,9H2,1-2H3,(H,22,27)/t18-/m0/s1. The summed E-state index contributed by atoms with van der Waals surface area (Å²) in [6, 6.07) is 13.5. The lowest BCUT2D eigenvalue weighted by atomic mass is 9.87. The molecule has 1 amide bonds. The fourth-order valence-electron chi connectivity index (χ4n) is 3.91. The Morgan fingerprint density at radius 2 is 2.04 bits per heavy atom. The number of hydrogen-bond acceptors (Lipinski definition) is 3. The van der Waals surface area contributed by atoms with Gasteiger partial charge in [0.25, 0.3) is 11.5 Å². The van der Waals surface area contributed by atoms with Crippen LogP contribution in [0.1, 0.15) is 40.4 Å². The van der Waals surface area contributed by atoms with Gasteiger partial charge in [-0.1, -0.05) is 24.3 Å². The van der Waals surface area contributed by atoms with Gasteiger partial charge in [-0.3, -0.25) is 14.2 Å². The van der Waals surface area contributed by atoms with Crippen molar-refractivity contribution in [3.05, 3.63) is 74.3 Å². The van der Waals surface area contributed by atoms with Gasteiger partial charge in [-0.2, -0.15) is 0 Å². The first-order valence-electron chi connectivity index (χ1n) is 9.05. The number of benzene rings is 2. The fourth-order valence-corrected chi connectivity index (χ4v) is 4.11. The quantitative estimate of drug-likeness (QED) is 0.690. The van der Waals surface area contributed by atoms with Gasteiger partial charge in [0.15, 0.2) is 4.77 Å². The van der Waals surface area contributed by atoms with Crippen molar-refractivity contribution in [2.45, 2.75) is 25.3 Å². The predicted octanol–water partition coefficient (Wildman–Crippen LogP) is 3.75. The average molecular weight is 379 g/mol. The first kappa shape index (κ1) is 17.7. The predicted molar refractivity (Wildman–Crippen MR) is 109 cm³/mol. The van der Waals surface area contributed by atoms with Crippen LogP contribution in [0.5, 0.6) is 0 Å². The van der Waals surface area contributed by atoms with E-state index in [2.05, 4.69) is 23.2 Å². The zero-order valence-corrected chi connectivity index (χ0v) is 16.2. The molecule has 6 heteroatoms. The van der Waals surface area contributed by atoms with E-state index >= 15 is 0 Å². The van der Waals surface area contributed by atoms with E-state index in [9.17, 15) is 9.59 Å². The van der Waals surface area contributed by atoms with Gasteiger partial charge in [-0.05, 0) is 60.8 Å². The van der Waals surface area contributed by atoms with Crippen LogP contribution < -0.4 is 5.56 Å². The summed E-state index contributed by atoms with van der Waals surface area (Å²) < 4.78 is 1.73. The molecule has 0 saturated carbocycles. The number of carbonyl (C=O) groups is 1.